The van der Waals surface area contributed by atoms with Gasteiger partial charge in [0.2, 0.25) is 0 Å². The molecule has 0 radical (unpaired) electrons. The Hall–Kier alpha value is -4.38. The van der Waals surface area contributed by atoms with Crippen molar-refractivity contribution in [2.45, 2.75) is 33.4 Å². The van der Waals surface area contributed by atoms with E-state index in [-0.39, 0.29) is 0 Å². The van der Waals surface area contributed by atoms with Crippen molar-refractivity contribution in [1.82, 2.24) is 0 Å². The third-order valence-electron chi connectivity index (χ3n) is 8.11. The van der Waals surface area contributed by atoms with Crippen LogP contribution in [0, 0.1) is 13.8 Å². The summed E-state index contributed by atoms with van der Waals surface area (Å²) < 4.78 is 0. The predicted octanol–water partition coefficient (Wildman–Crippen LogP) is 11.8. The molecule has 2 aliphatic heterocycles. The lowest BCUT2D eigenvalue weighted by Crippen LogP contribution is -2.15. The lowest BCUT2D eigenvalue weighted by Gasteiger charge is -2.34. The SMILES string of the molecule is Cc1ccc(N2c3ccccc3Sc3ccccc32)cc1-c1cc(N2c3ccccc3Sc3ccccc32)ccc1C. The van der Waals surface area contributed by atoms with E-state index in [0.717, 1.165) is 0 Å². The van der Waals surface area contributed by atoms with Crippen LogP contribution in [0.2, 0.25) is 0 Å². The van der Waals surface area contributed by atoms with Gasteiger partial charge in [-0.25, -0.2) is 0 Å². The molecule has 0 fully saturated rings. The highest BCUT2D eigenvalue weighted by Gasteiger charge is 2.27. The van der Waals surface area contributed by atoms with Gasteiger partial charge in [0, 0.05) is 31.0 Å². The van der Waals surface area contributed by atoms with E-state index in [4.69, 9.17) is 0 Å². The Balaban J connectivity index is 1.29. The van der Waals surface area contributed by atoms with Crippen molar-refractivity contribution >= 4 is 57.6 Å². The van der Waals surface area contributed by atoms with Crippen molar-refractivity contribution in [3.8, 4) is 11.1 Å². The van der Waals surface area contributed by atoms with Gasteiger partial charge in [-0.3, -0.25) is 0 Å². The Morgan fingerprint density at radius 3 is 1.02 bits per heavy atom. The highest BCUT2D eigenvalue weighted by Crippen LogP contribution is 2.53. The van der Waals surface area contributed by atoms with E-state index in [1.165, 1.54) is 76.0 Å². The molecule has 0 unspecified atom stereocenters. The zero-order chi connectivity index (χ0) is 28.2. The van der Waals surface area contributed by atoms with Gasteiger partial charge in [-0.15, -0.1) is 0 Å². The number of rotatable bonds is 3. The fourth-order valence-corrected chi connectivity index (χ4v) is 8.16. The number of para-hydroxylation sites is 4. The van der Waals surface area contributed by atoms with E-state index < -0.39 is 0 Å². The molecule has 6 aromatic rings. The van der Waals surface area contributed by atoms with E-state index in [9.17, 15) is 0 Å². The van der Waals surface area contributed by atoms with Gasteiger partial charge in [-0.1, -0.05) is 84.2 Å². The summed E-state index contributed by atoms with van der Waals surface area (Å²) in [5.74, 6) is 0. The molecule has 0 amide bonds. The first-order valence-corrected chi connectivity index (χ1v) is 15.8. The summed E-state index contributed by atoms with van der Waals surface area (Å²) in [6.45, 7) is 4.45. The maximum atomic E-state index is 2.41. The highest BCUT2D eigenvalue weighted by molar-refractivity contribution is 8.00. The molecule has 0 N–H and O–H groups in total. The molecule has 4 heteroatoms. The first kappa shape index (κ1) is 25.3. The maximum Gasteiger partial charge on any atom is 0.0601 e. The fraction of sp³-hybridized carbons (Fsp3) is 0.0526. The first-order chi connectivity index (χ1) is 20.7. The Morgan fingerprint density at radius 1 is 0.381 bits per heavy atom. The normalized spacial score (nSPS) is 13.2. The standard InChI is InChI=1S/C38H28N2S2/c1-25-19-21-27(39-31-11-3-7-15-35(31)41-36-16-8-4-12-32(36)39)23-29(25)30-24-28(22-20-26(30)2)40-33-13-5-9-17-37(33)42-38-18-10-6-14-34(38)40/h3-24H,1-2H3. The summed E-state index contributed by atoms with van der Waals surface area (Å²) in [4.78, 5) is 9.93. The van der Waals surface area contributed by atoms with Crippen molar-refractivity contribution in [1.29, 1.82) is 0 Å². The molecule has 0 bridgehead atoms. The second-order valence-corrected chi connectivity index (χ2v) is 12.9. The largest absolute Gasteiger partial charge is 0.308 e. The van der Waals surface area contributed by atoms with Crippen molar-refractivity contribution in [2.75, 3.05) is 9.80 Å². The molecule has 42 heavy (non-hydrogen) atoms. The van der Waals surface area contributed by atoms with Gasteiger partial charge < -0.3 is 9.80 Å². The molecule has 0 aromatic heterocycles. The second-order valence-electron chi connectivity index (χ2n) is 10.7. The number of aryl methyl sites for hydroxylation is 2. The summed E-state index contributed by atoms with van der Waals surface area (Å²) in [6.07, 6.45) is 0. The van der Waals surface area contributed by atoms with Crippen LogP contribution in [0.15, 0.2) is 153 Å². The lowest BCUT2D eigenvalue weighted by molar-refractivity contribution is 1.16. The molecule has 0 saturated carbocycles. The molecule has 0 spiro atoms. The Kier molecular flexibility index (Phi) is 6.13. The zero-order valence-corrected chi connectivity index (χ0v) is 25.0. The number of hydrogen-bond donors (Lipinski definition) is 0. The second kappa shape index (κ2) is 10.2. The topological polar surface area (TPSA) is 6.48 Å². The Bertz CT molecular complexity index is 1760. The van der Waals surface area contributed by atoms with Crippen molar-refractivity contribution < 1.29 is 0 Å². The van der Waals surface area contributed by atoms with Crippen LogP contribution >= 0.6 is 23.5 Å². The van der Waals surface area contributed by atoms with E-state index in [1.807, 2.05) is 23.5 Å². The minimum Gasteiger partial charge on any atom is -0.308 e. The third kappa shape index (κ3) is 4.13. The number of hydrogen-bond acceptors (Lipinski definition) is 4. The molecule has 2 aliphatic rings. The average molecular weight is 577 g/mol. The summed E-state index contributed by atoms with van der Waals surface area (Å²) in [7, 11) is 0. The van der Waals surface area contributed by atoms with Crippen LogP contribution in [0.4, 0.5) is 34.1 Å². The fourth-order valence-electron chi connectivity index (χ4n) is 6.04. The third-order valence-corrected chi connectivity index (χ3v) is 10.4. The highest BCUT2D eigenvalue weighted by atomic mass is 32.2. The van der Waals surface area contributed by atoms with E-state index in [0.29, 0.717) is 0 Å². The summed E-state index contributed by atoms with van der Waals surface area (Å²) in [5.41, 5.74) is 12.3. The quantitative estimate of drug-likeness (QED) is 0.206. The van der Waals surface area contributed by atoms with Gasteiger partial charge in [-0.2, -0.15) is 0 Å². The van der Waals surface area contributed by atoms with Crippen molar-refractivity contribution in [3.63, 3.8) is 0 Å². The van der Waals surface area contributed by atoms with Crippen LogP contribution in [0.1, 0.15) is 11.1 Å². The molecule has 8 rings (SSSR count). The number of fused-ring (bicyclic) bond motifs is 4. The Labute approximate surface area is 255 Å². The summed E-state index contributed by atoms with van der Waals surface area (Å²) in [6, 6.07) is 48.7. The molecule has 2 nitrogen and oxygen atoms in total. The number of anilines is 6. The van der Waals surface area contributed by atoms with Gasteiger partial charge in [0.1, 0.15) is 0 Å². The van der Waals surface area contributed by atoms with Gasteiger partial charge in [0.15, 0.2) is 0 Å². The molecule has 0 atom stereocenters. The minimum atomic E-state index is 1.17. The van der Waals surface area contributed by atoms with Crippen LogP contribution < -0.4 is 9.80 Å². The molecule has 202 valence electrons. The van der Waals surface area contributed by atoms with Gasteiger partial charge in [0.05, 0.1) is 22.7 Å². The molecule has 0 aliphatic carbocycles. The minimum absolute atomic E-state index is 1.17. The Morgan fingerprint density at radius 2 is 0.690 bits per heavy atom. The lowest BCUT2D eigenvalue weighted by atomic mass is 9.94. The van der Waals surface area contributed by atoms with Crippen molar-refractivity contribution in [2.24, 2.45) is 0 Å². The summed E-state index contributed by atoms with van der Waals surface area (Å²) >= 11 is 3.69. The molecule has 6 aromatic carbocycles. The van der Waals surface area contributed by atoms with E-state index >= 15 is 0 Å². The zero-order valence-electron chi connectivity index (χ0n) is 23.4. The van der Waals surface area contributed by atoms with E-state index in [2.05, 4.69) is 157 Å². The predicted molar refractivity (Wildman–Crippen MR) is 179 cm³/mol. The molecule has 0 saturated heterocycles. The van der Waals surface area contributed by atoms with Gasteiger partial charge in [-0.05, 0) is 109 Å². The molecule has 2 heterocycles. The van der Waals surface area contributed by atoms with Crippen LogP contribution in [0.5, 0.6) is 0 Å². The maximum absolute atomic E-state index is 2.41. The first-order valence-electron chi connectivity index (χ1n) is 14.2. The monoisotopic (exact) mass is 576 g/mol. The van der Waals surface area contributed by atoms with Gasteiger partial charge in [0.25, 0.3) is 0 Å². The summed E-state index contributed by atoms with van der Waals surface area (Å²) in [5, 5.41) is 0. The molecular formula is C38H28N2S2. The number of nitrogens with zero attached hydrogens (tertiary/aromatic N) is 2. The number of benzene rings is 6. The van der Waals surface area contributed by atoms with Crippen LogP contribution in [0.25, 0.3) is 11.1 Å². The van der Waals surface area contributed by atoms with Crippen LogP contribution in [-0.4, -0.2) is 0 Å². The smallest absolute Gasteiger partial charge is 0.0601 e. The van der Waals surface area contributed by atoms with Crippen LogP contribution in [-0.2, 0) is 0 Å². The average Bonchev–Trinajstić information content (AvgIpc) is 3.03. The van der Waals surface area contributed by atoms with E-state index in [1.54, 1.807) is 0 Å². The van der Waals surface area contributed by atoms with Crippen molar-refractivity contribution in [3.05, 3.63) is 145 Å². The molecular weight excluding hydrogens is 549 g/mol. The van der Waals surface area contributed by atoms with Gasteiger partial charge >= 0.3 is 0 Å². The van der Waals surface area contributed by atoms with Crippen LogP contribution in [0.3, 0.4) is 0 Å².